The molecule has 160 valence electrons. The molecule has 2 N–H and O–H groups in total. The molecule has 0 aliphatic rings. The average Bonchev–Trinajstić information content (AvgIpc) is 3.17. The molecule has 1 heterocycles. The molecule has 0 unspecified atom stereocenters. The van der Waals surface area contributed by atoms with Gasteiger partial charge in [0.1, 0.15) is 12.4 Å². The van der Waals surface area contributed by atoms with Gasteiger partial charge in [0.25, 0.3) is 0 Å². The van der Waals surface area contributed by atoms with Crippen LogP contribution in [0.5, 0.6) is 11.5 Å². The third-order valence-corrected chi connectivity index (χ3v) is 4.00. The van der Waals surface area contributed by atoms with Crippen molar-refractivity contribution in [1.82, 2.24) is 20.2 Å². The number of hydrogen-bond donors (Lipinski definition) is 2. The van der Waals surface area contributed by atoms with Gasteiger partial charge in [-0.05, 0) is 44.9 Å². The van der Waals surface area contributed by atoms with Crippen LogP contribution in [0.3, 0.4) is 0 Å². The Morgan fingerprint density at radius 3 is 2.59 bits per heavy atom. The minimum Gasteiger partial charge on any atom is -0.490 e. The average molecular weight is 409 g/mol. The van der Waals surface area contributed by atoms with E-state index in [-0.39, 0.29) is 12.4 Å². The number of guanidine groups is 1. The molecule has 0 fully saturated rings. The largest absolute Gasteiger partial charge is 0.490 e. The van der Waals surface area contributed by atoms with Gasteiger partial charge >= 0.3 is 6.55 Å². The van der Waals surface area contributed by atoms with Crippen LogP contribution in [0.15, 0.2) is 35.6 Å². The van der Waals surface area contributed by atoms with Crippen molar-refractivity contribution in [2.45, 2.75) is 40.3 Å². The summed E-state index contributed by atoms with van der Waals surface area (Å²) in [7, 11) is 0. The number of rotatable bonds is 11. The lowest BCUT2D eigenvalue weighted by Crippen LogP contribution is -2.38. The maximum atomic E-state index is 12.9. The highest BCUT2D eigenvalue weighted by molar-refractivity contribution is 5.79. The van der Waals surface area contributed by atoms with Crippen LogP contribution in [0.25, 0.3) is 0 Å². The summed E-state index contributed by atoms with van der Waals surface area (Å²) in [5.74, 6) is 2.22. The molecule has 0 saturated carbocycles. The van der Waals surface area contributed by atoms with Crippen LogP contribution in [0.1, 0.15) is 38.7 Å². The molecule has 9 heteroatoms. The lowest BCUT2D eigenvalue weighted by Gasteiger charge is -2.14. The minimum absolute atomic E-state index is 0.0597. The van der Waals surface area contributed by atoms with Gasteiger partial charge in [-0.3, -0.25) is 4.57 Å². The summed E-state index contributed by atoms with van der Waals surface area (Å²) in [6, 6.07) is 5.88. The molecule has 0 atom stereocenters. The second kappa shape index (κ2) is 11.9. The summed E-state index contributed by atoms with van der Waals surface area (Å²) < 4.78 is 37.9. The first-order valence-electron chi connectivity index (χ1n) is 9.79. The fourth-order valence-corrected chi connectivity index (χ4v) is 2.71. The van der Waals surface area contributed by atoms with Crippen molar-refractivity contribution in [1.29, 1.82) is 0 Å². The van der Waals surface area contributed by atoms with Crippen molar-refractivity contribution in [3.05, 3.63) is 42.0 Å². The van der Waals surface area contributed by atoms with Gasteiger partial charge in [-0.1, -0.05) is 6.07 Å². The summed E-state index contributed by atoms with van der Waals surface area (Å²) in [5.41, 5.74) is 1.09. The van der Waals surface area contributed by atoms with E-state index >= 15 is 0 Å². The first kappa shape index (κ1) is 22.4. The minimum atomic E-state index is -2.63. The number of alkyl halides is 2. The maximum Gasteiger partial charge on any atom is 0.319 e. The summed E-state index contributed by atoms with van der Waals surface area (Å²) in [5, 5.41) is 6.32. The Labute approximate surface area is 170 Å². The number of nitrogens with one attached hydrogen (secondary N) is 2. The number of benzene rings is 1. The Balaban J connectivity index is 1.96. The van der Waals surface area contributed by atoms with Crippen LogP contribution in [0.2, 0.25) is 0 Å². The van der Waals surface area contributed by atoms with Crippen LogP contribution < -0.4 is 20.1 Å². The Hall–Kier alpha value is -2.84. The van der Waals surface area contributed by atoms with Crippen molar-refractivity contribution < 1.29 is 18.3 Å². The number of nitrogens with zero attached hydrogens (tertiary/aromatic N) is 3. The van der Waals surface area contributed by atoms with Crippen LogP contribution in [0, 0.1) is 0 Å². The normalized spacial score (nSPS) is 11.6. The van der Waals surface area contributed by atoms with Crippen molar-refractivity contribution in [3.8, 4) is 11.5 Å². The van der Waals surface area contributed by atoms with Crippen molar-refractivity contribution >= 4 is 5.96 Å². The number of imidazole rings is 1. The first-order chi connectivity index (χ1) is 14.1. The molecule has 0 bridgehead atoms. The molecule has 7 nitrogen and oxygen atoms in total. The fraction of sp³-hybridized carbons (Fsp3) is 0.500. The van der Waals surface area contributed by atoms with Crippen LogP contribution in [0.4, 0.5) is 8.78 Å². The first-order valence-corrected chi connectivity index (χ1v) is 9.79. The molecule has 2 aromatic rings. The molecular weight excluding hydrogens is 380 g/mol. The zero-order chi connectivity index (χ0) is 21.1. The zero-order valence-corrected chi connectivity index (χ0v) is 17.1. The van der Waals surface area contributed by atoms with E-state index in [2.05, 4.69) is 20.6 Å². The lowest BCUT2D eigenvalue weighted by molar-refractivity contribution is 0.0671. The molecule has 0 saturated heterocycles. The fourth-order valence-electron chi connectivity index (χ4n) is 2.71. The van der Waals surface area contributed by atoms with E-state index in [4.69, 9.17) is 9.47 Å². The molecule has 2 rings (SSSR count). The van der Waals surface area contributed by atoms with E-state index < -0.39 is 6.55 Å². The molecule has 0 spiro atoms. The van der Waals surface area contributed by atoms with Crippen molar-refractivity contribution in [3.63, 3.8) is 0 Å². The zero-order valence-electron chi connectivity index (χ0n) is 17.1. The topological polar surface area (TPSA) is 72.7 Å². The number of hydrogen-bond acceptors (Lipinski definition) is 4. The third kappa shape index (κ3) is 6.92. The number of aliphatic imine (C=N–C) groups is 1. The van der Waals surface area contributed by atoms with Gasteiger partial charge < -0.3 is 20.1 Å². The molecule has 1 aromatic carbocycles. The third-order valence-electron chi connectivity index (χ3n) is 4.00. The van der Waals surface area contributed by atoms with E-state index in [0.717, 1.165) is 28.1 Å². The summed E-state index contributed by atoms with van der Waals surface area (Å²) in [6.45, 7) is 5.66. The van der Waals surface area contributed by atoms with Crippen LogP contribution >= 0.6 is 0 Å². The smallest absolute Gasteiger partial charge is 0.319 e. The van der Waals surface area contributed by atoms with E-state index in [1.165, 1.54) is 12.4 Å². The van der Waals surface area contributed by atoms with Crippen LogP contribution in [-0.4, -0.2) is 41.8 Å². The van der Waals surface area contributed by atoms with Gasteiger partial charge in [-0.2, -0.15) is 8.78 Å². The van der Waals surface area contributed by atoms with E-state index in [0.29, 0.717) is 32.3 Å². The van der Waals surface area contributed by atoms with Gasteiger partial charge in [-0.25, -0.2) is 9.98 Å². The second-order valence-corrected chi connectivity index (χ2v) is 6.05. The quantitative estimate of drug-likeness (QED) is 0.440. The highest BCUT2D eigenvalue weighted by Crippen LogP contribution is 2.28. The lowest BCUT2D eigenvalue weighted by atomic mass is 10.1. The Kier molecular flexibility index (Phi) is 9.20. The van der Waals surface area contributed by atoms with Crippen LogP contribution in [-0.2, 0) is 13.0 Å². The van der Waals surface area contributed by atoms with Crippen molar-refractivity contribution in [2.75, 3.05) is 26.3 Å². The Morgan fingerprint density at radius 2 is 1.90 bits per heavy atom. The molecule has 29 heavy (non-hydrogen) atoms. The van der Waals surface area contributed by atoms with Gasteiger partial charge in [0, 0.05) is 25.5 Å². The van der Waals surface area contributed by atoms with E-state index in [9.17, 15) is 8.78 Å². The summed E-state index contributed by atoms with van der Waals surface area (Å²) in [6.07, 6.45) is 3.33. The standard InChI is InChI=1S/C20H29F2N5O2/c1-4-23-20(26-14-18-24-11-12-27(18)19(21)22)25-10-9-15-7-8-16(28-5-2)17(13-15)29-6-3/h7-8,11-13,19H,4-6,9-10,14H2,1-3H3,(H2,23,25,26). The SMILES string of the molecule is CCNC(=NCc1nccn1C(F)F)NCCc1ccc(OCC)c(OCC)c1. The second-order valence-electron chi connectivity index (χ2n) is 6.05. The summed E-state index contributed by atoms with van der Waals surface area (Å²) in [4.78, 5) is 8.29. The molecule has 0 radical (unpaired) electrons. The number of halogens is 2. The van der Waals surface area contributed by atoms with Gasteiger partial charge in [0.15, 0.2) is 17.5 Å². The molecule has 0 aliphatic heterocycles. The Bertz CT molecular complexity index is 780. The molecule has 1 aromatic heterocycles. The Morgan fingerprint density at radius 1 is 1.14 bits per heavy atom. The number of ether oxygens (including phenoxy) is 2. The maximum absolute atomic E-state index is 12.9. The monoisotopic (exact) mass is 409 g/mol. The summed E-state index contributed by atoms with van der Waals surface area (Å²) >= 11 is 0. The number of aromatic nitrogens is 2. The van der Waals surface area contributed by atoms with Gasteiger partial charge in [0.05, 0.1) is 13.2 Å². The molecular formula is C20H29F2N5O2. The predicted molar refractivity (Wildman–Crippen MR) is 109 cm³/mol. The van der Waals surface area contributed by atoms with Gasteiger partial charge in [0.2, 0.25) is 0 Å². The van der Waals surface area contributed by atoms with Gasteiger partial charge in [-0.15, -0.1) is 0 Å². The highest BCUT2D eigenvalue weighted by Gasteiger charge is 2.11. The molecule has 0 amide bonds. The predicted octanol–water partition coefficient (Wildman–Crippen LogP) is 3.37. The molecule has 0 aliphatic carbocycles. The van der Waals surface area contributed by atoms with Crippen molar-refractivity contribution in [2.24, 2.45) is 4.99 Å². The van der Waals surface area contributed by atoms with E-state index in [1.807, 2.05) is 39.0 Å². The van der Waals surface area contributed by atoms with E-state index in [1.54, 1.807) is 0 Å². The highest BCUT2D eigenvalue weighted by atomic mass is 19.3.